The van der Waals surface area contributed by atoms with Crippen molar-refractivity contribution in [3.63, 3.8) is 0 Å². The third kappa shape index (κ3) is 2.95. The molecule has 4 heteroatoms. The van der Waals surface area contributed by atoms with Crippen molar-refractivity contribution < 1.29 is 14.6 Å². The number of piperidine rings is 1. The van der Waals surface area contributed by atoms with Gasteiger partial charge in [0.25, 0.3) is 0 Å². The molecule has 3 rings (SSSR count). The molecule has 1 aromatic carbocycles. The van der Waals surface area contributed by atoms with Crippen molar-refractivity contribution in [1.29, 1.82) is 0 Å². The Labute approximate surface area is 133 Å². The van der Waals surface area contributed by atoms with Crippen molar-refractivity contribution in [2.45, 2.75) is 39.3 Å². The van der Waals surface area contributed by atoms with E-state index in [9.17, 15) is 5.11 Å². The number of aliphatic hydroxyl groups excluding tert-OH is 1. The standard InChI is InChI=1S/C18H27NO3/c1-4-21-16-7-5-6-14-17(15(20)11-22-18(14)16)19-9-12(2)8-13(3)10-19/h5-7,12-13,15,17,20H,4,8-11H2,1-3H3. The lowest BCUT2D eigenvalue weighted by atomic mass is 9.87. The number of hydrogen-bond acceptors (Lipinski definition) is 4. The Balaban J connectivity index is 1.93. The average molecular weight is 305 g/mol. The minimum Gasteiger partial charge on any atom is -0.490 e. The van der Waals surface area contributed by atoms with Crippen LogP contribution in [0.25, 0.3) is 0 Å². The Bertz CT molecular complexity index is 509. The summed E-state index contributed by atoms with van der Waals surface area (Å²) in [4.78, 5) is 2.43. The van der Waals surface area contributed by atoms with E-state index in [1.807, 2.05) is 19.1 Å². The van der Waals surface area contributed by atoms with Gasteiger partial charge in [-0.05, 0) is 31.2 Å². The first-order chi connectivity index (χ1) is 10.6. The molecule has 0 aromatic heterocycles. The maximum atomic E-state index is 10.6. The van der Waals surface area contributed by atoms with Crippen LogP contribution in [0.2, 0.25) is 0 Å². The zero-order valence-electron chi connectivity index (χ0n) is 13.8. The van der Waals surface area contributed by atoms with Crippen LogP contribution >= 0.6 is 0 Å². The molecule has 1 N–H and O–H groups in total. The molecule has 122 valence electrons. The summed E-state index contributed by atoms with van der Waals surface area (Å²) >= 11 is 0. The summed E-state index contributed by atoms with van der Waals surface area (Å²) < 4.78 is 11.5. The predicted molar refractivity (Wildman–Crippen MR) is 86.4 cm³/mol. The third-order valence-corrected chi connectivity index (χ3v) is 4.68. The molecule has 0 amide bonds. The quantitative estimate of drug-likeness (QED) is 0.932. The number of hydrogen-bond donors (Lipinski definition) is 1. The molecule has 1 fully saturated rings. The maximum absolute atomic E-state index is 10.6. The molecule has 0 spiro atoms. The van der Waals surface area contributed by atoms with Gasteiger partial charge in [-0.1, -0.05) is 26.0 Å². The molecule has 0 bridgehead atoms. The second kappa shape index (κ2) is 6.47. The van der Waals surface area contributed by atoms with Crippen LogP contribution in [0.5, 0.6) is 11.5 Å². The van der Waals surface area contributed by atoms with Crippen LogP contribution in [-0.2, 0) is 0 Å². The summed E-state index contributed by atoms with van der Waals surface area (Å²) in [5.74, 6) is 2.93. The Hall–Kier alpha value is -1.26. The minimum absolute atomic E-state index is 0.00866. The van der Waals surface area contributed by atoms with Gasteiger partial charge >= 0.3 is 0 Å². The number of rotatable bonds is 3. The van der Waals surface area contributed by atoms with Gasteiger partial charge in [-0.2, -0.15) is 0 Å². The normalized spacial score (nSPS) is 32.2. The smallest absolute Gasteiger partial charge is 0.166 e. The highest BCUT2D eigenvalue weighted by molar-refractivity contribution is 5.49. The monoisotopic (exact) mass is 305 g/mol. The Morgan fingerprint density at radius 1 is 1.27 bits per heavy atom. The van der Waals surface area contributed by atoms with E-state index in [1.54, 1.807) is 0 Å². The van der Waals surface area contributed by atoms with E-state index in [4.69, 9.17) is 9.47 Å². The molecule has 0 saturated carbocycles. The van der Waals surface area contributed by atoms with Crippen molar-refractivity contribution in [3.05, 3.63) is 23.8 Å². The van der Waals surface area contributed by atoms with Crippen LogP contribution in [0.3, 0.4) is 0 Å². The predicted octanol–water partition coefficient (Wildman–Crippen LogP) is 2.86. The van der Waals surface area contributed by atoms with Crippen LogP contribution < -0.4 is 9.47 Å². The molecular weight excluding hydrogens is 278 g/mol. The summed E-state index contributed by atoms with van der Waals surface area (Å²) in [6, 6.07) is 6.01. The first-order valence-corrected chi connectivity index (χ1v) is 8.40. The first-order valence-electron chi connectivity index (χ1n) is 8.40. The largest absolute Gasteiger partial charge is 0.490 e. The fourth-order valence-electron chi connectivity index (χ4n) is 4.03. The molecule has 1 aromatic rings. The van der Waals surface area contributed by atoms with Crippen LogP contribution in [0, 0.1) is 11.8 Å². The van der Waals surface area contributed by atoms with Gasteiger partial charge in [0.1, 0.15) is 12.7 Å². The van der Waals surface area contributed by atoms with E-state index >= 15 is 0 Å². The van der Waals surface area contributed by atoms with E-state index in [-0.39, 0.29) is 6.04 Å². The number of aliphatic hydroxyl groups is 1. The van der Waals surface area contributed by atoms with Gasteiger partial charge in [-0.3, -0.25) is 4.90 Å². The van der Waals surface area contributed by atoms with E-state index < -0.39 is 6.10 Å². The maximum Gasteiger partial charge on any atom is 0.166 e. The first kappa shape index (κ1) is 15.6. The molecule has 22 heavy (non-hydrogen) atoms. The highest BCUT2D eigenvalue weighted by Gasteiger charge is 2.38. The SMILES string of the molecule is CCOc1cccc2c1OCC(O)C2N1CC(C)CC(C)C1. The van der Waals surface area contributed by atoms with Crippen molar-refractivity contribution in [2.75, 3.05) is 26.3 Å². The zero-order chi connectivity index (χ0) is 15.7. The van der Waals surface area contributed by atoms with Gasteiger partial charge < -0.3 is 14.6 Å². The van der Waals surface area contributed by atoms with Crippen LogP contribution in [0.15, 0.2) is 18.2 Å². The van der Waals surface area contributed by atoms with Crippen molar-refractivity contribution in [1.82, 2.24) is 4.90 Å². The highest BCUT2D eigenvalue weighted by atomic mass is 16.5. The molecule has 0 aliphatic carbocycles. The van der Waals surface area contributed by atoms with Gasteiger partial charge in [0.05, 0.1) is 12.6 Å². The number of nitrogens with zero attached hydrogens (tertiary/aromatic N) is 1. The zero-order valence-corrected chi connectivity index (χ0v) is 13.8. The van der Waals surface area contributed by atoms with E-state index in [0.29, 0.717) is 25.0 Å². The Kier molecular flexibility index (Phi) is 4.59. The third-order valence-electron chi connectivity index (χ3n) is 4.68. The molecule has 2 aliphatic heterocycles. The Morgan fingerprint density at radius 3 is 2.68 bits per heavy atom. The molecule has 4 unspecified atom stereocenters. The number of benzene rings is 1. The number of likely N-dealkylation sites (tertiary alicyclic amines) is 1. The molecule has 2 heterocycles. The van der Waals surface area contributed by atoms with Crippen molar-refractivity contribution >= 4 is 0 Å². The van der Waals surface area contributed by atoms with Gasteiger partial charge in [-0.25, -0.2) is 0 Å². The summed E-state index contributed by atoms with van der Waals surface area (Å²) in [5.41, 5.74) is 1.06. The molecular formula is C18H27NO3. The Morgan fingerprint density at radius 2 is 2.00 bits per heavy atom. The lowest BCUT2D eigenvalue weighted by Gasteiger charge is -2.44. The summed E-state index contributed by atoms with van der Waals surface area (Å²) in [7, 11) is 0. The molecule has 1 saturated heterocycles. The van der Waals surface area contributed by atoms with Gasteiger partial charge in [-0.15, -0.1) is 0 Å². The second-order valence-corrected chi connectivity index (χ2v) is 6.83. The number of para-hydroxylation sites is 1. The number of fused-ring (bicyclic) bond motifs is 1. The van der Waals surface area contributed by atoms with E-state index in [0.717, 1.165) is 30.2 Å². The van der Waals surface area contributed by atoms with Crippen LogP contribution in [0.4, 0.5) is 0 Å². The van der Waals surface area contributed by atoms with Crippen molar-refractivity contribution in [2.24, 2.45) is 11.8 Å². The van der Waals surface area contributed by atoms with Gasteiger partial charge in [0.15, 0.2) is 11.5 Å². The highest BCUT2D eigenvalue weighted by Crippen LogP contribution is 2.43. The fraction of sp³-hybridized carbons (Fsp3) is 0.667. The molecule has 4 nitrogen and oxygen atoms in total. The van der Waals surface area contributed by atoms with Gasteiger partial charge in [0.2, 0.25) is 0 Å². The van der Waals surface area contributed by atoms with Crippen LogP contribution in [0.1, 0.15) is 38.8 Å². The fourth-order valence-corrected chi connectivity index (χ4v) is 4.03. The van der Waals surface area contributed by atoms with E-state index in [2.05, 4.69) is 24.8 Å². The lowest BCUT2D eigenvalue weighted by Crippen LogP contribution is -2.48. The van der Waals surface area contributed by atoms with Gasteiger partial charge in [0, 0.05) is 18.7 Å². The topological polar surface area (TPSA) is 41.9 Å². The molecule has 4 atom stereocenters. The second-order valence-electron chi connectivity index (χ2n) is 6.83. The lowest BCUT2D eigenvalue weighted by molar-refractivity contribution is -0.0238. The molecule has 0 radical (unpaired) electrons. The van der Waals surface area contributed by atoms with Crippen LogP contribution in [-0.4, -0.2) is 42.4 Å². The minimum atomic E-state index is -0.484. The van der Waals surface area contributed by atoms with Crippen molar-refractivity contribution in [3.8, 4) is 11.5 Å². The number of ether oxygens (including phenoxy) is 2. The van der Waals surface area contributed by atoms with E-state index in [1.165, 1.54) is 6.42 Å². The summed E-state index contributed by atoms with van der Waals surface area (Å²) in [6.07, 6.45) is 0.781. The molecule has 2 aliphatic rings. The summed E-state index contributed by atoms with van der Waals surface area (Å²) in [6.45, 7) is 9.58. The average Bonchev–Trinajstić information content (AvgIpc) is 2.46. The summed E-state index contributed by atoms with van der Waals surface area (Å²) in [5, 5.41) is 10.6.